The fourth-order valence-electron chi connectivity index (χ4n) is 4.50. The summed E-state index contributed by atoms with van der Waals surface area (Å²) in [5, 5.41) is 3.13. The van der Waals surface area contributed by atoms with Crippen LogP contribution in [0.2, 0.25) is 0 Å². The summed E-state index contributed by atoms with van der Waals surface area (Å²) in [7, 11) is 0. The van der Waals surface area contributed by atoms with Gasteiger partial charge in [-0.05, 0) is 55.9 Å². The molecule has 1 fully saturated rings. The van der Waals surface area contributed by atoms with E-state index in [4.69, 9.17) is 0 Å². The molecule has 1 N–H and O–H groups in total. The third-order valence-corrected chi connectivity index (χ3v) is 6.50. The maximum atomic E-state index is 13.2. The first-order chi connectivity index (χ1) is 14.3. The van der Waals surface area contributed by atoms with Crippen molar-refractivity contribution in [3.63, 3.8) is 0 Å². The van der Waals surface area contributed by atoms with Gasteiger partial charge in [-0.25, -0.2) is 4.79 Å². The monoisotopic (exact) mass is 405 g/mol. The van der Waals surface area contributed by atoms with Gasteiger partial charge in [-0.1, -0.05) is 42.5 Å². The minimum Gasteiger partial charge on any atom is -0.342 e. The van der Waals surface area contributed by atoms with Crippen LogP contribution >= 0.6 is 0 Å². The highest BCUT2D eigenvalue weighted by Crippen LogP contribution is 2.39. The zero-order valence-electron chi connectivity index (χ0n) is 18.1. The van der Waals surface area contributed by atoms with Crippen LogP contribution in [0.3, 0.4) is 0 Å². The number of benzene rings is 2. The summed E-state index contributed by atoms with van der Waals surface area (Å²) < 4.78 is 0. The summed E-state index contributed by atoms with van der Waals surface area (Å²) in [4.78, 5) is 28.6. The van der Waals surface area contributed by atoms with E-state index in [-0.39, 0.29) is 17.5 Å². The molecule has 158 valence electrons. The molecule has 0 radical (unpaired) electrons. The number of likely N-dealkylation sites (tertiary alicyclic amines) is 1. The molecule has 1 saturated heterocycles. The van der Waals surface area contributed by atoms with Crippen molar-refractivity contribution < 1.29 is 9.59 Å². The molecule has 2 aliphatic heterocycles. The maximum absolute atomic E-state index is 13.2. The van der Waals surface area contributed by atoms with Crippen molar-refractivity contribution in [1.82, 2.24) is 10.2 Å². The molecule has 0 aromatic heterocycles. The zero-order chi connectivity index (χ0) is 21.3. The van der Waals surface area contributed by atoms with Crippen LogP contribution < -0.4 is 10.2 Å². The molecule has 0 spiro atoms. The van der Waals surface area contributed by atoms with Crippen LogP contribution in [0.5, 0.6) is 0 Å². The van der Waals surface area contributed by atoms with Gasteiger partial charge in [0.2, 0.25) is 5.91 Å². The molecule has 0 unspecified atom stereocenters. The summed E-state index contributed by atoms with van der Waals surface area (Å²) in [6.07, 6.45) is 2.73. The Morgan fingerprint density at radius 1 is 1.10 bits per heavy atom. The van der Waals surface area contributed by atoms with E-state index in [2.05, 4.69) is 49.5 Å². The Labute approximate surface area is 179 Å². The van der Waals surface area contributed by atoms with Crippen LogP contribution in [0.4, 0.5) is 10.5 Å². The van der Waals surface area contributed by atoms with Crippen LogP contribution in [0.1, 0.15) is 49.8 Å². The molecule has 30 heavy (non-hydrogen) atoms. The van der Waals surface area contributed by atoms with Gasteiger partial charge in [-0.2, -0.15) is 0 Å². The number of carbonyl (C=O) groups excluding carboxylic acids is 2. The number of hydrogen-bond donors (Lipinski definition) is 1. The second kappa shape index (κ2) is 8.13. The summed E-state index contributed by atoms with van der Waals surface area (Å²) in [5.41, 5.74) is 4.43. The van der Waals surface area contributed by atoms with Crippen molar-refractivity contribution in [3.8, 4) is 0 Å². The van der Waals surface area contributed by atoms with Crippen LogP contribution in [0, 0.1) is 0 Å². The quantitative estimate of drug-likeness (QED) is 0.832. The first-order valence-corrected chi connectivity index (χ1v) is 10.9. The second-order valence-electron chi connectivity index (χ2n) is 9.12. The Morgan fingerprint density at radius 2 is 1.83 bits per heavy atom. The zero-order valence-corrected chi connectivity index (χ0v) is 18.1. The largest absolute Gasteiger partial charge is 0.342 e. The third-order valence-electron chi connectivity index (χ3n) is 6.50. The number of nitrogens with one attached hydrogen (secondary N) is 1. The highest BCUT2D eigenvalue weighted by Gasteiger charge is 2.38. The second-order valence-corrected chi connectivity index (χ2v) is 9.12. The molecular weight excluding hydrogens is 374 g/mol. The molecular formula is C25H31N3O2. The number of aryl methyl sites for hydroxylation is 1. The number of rotatable bonds is 4. The summed E-state index contributed by atoms with van der Waals surface area (Å²) in [6, 6.07) is 16.7. The molecule has 0 bridgehead atoms. The molecule has 2 aromatic rings. The molecule has 0 saturated carbocycles. The highest BCUT2D eigenvalue weighted by atomic mass is 16.2. The average Bonchev–Trinajstić information content (AvgIpc) is 2.66. The van der Waals surface area contributed by atoms with E-state index in [1.807, 2.05) is 28.0 Å². The Kier molecular flexibility index (Phi) is 5.54. The number of hydrogen-bond acceptors (Lipinski definition) is 2. The van der Waals surface area contributed by atoms with Crippen molar-refractivity contribution in [3.05, 3.63) is 65.2 Å². The number of carbonyl (C=O) groups is 2. The molecule has 5 heteroatoms. The van der Waals surface area contributed by atoms with Gasteiger partial charge >= 0.3 is 6.03 Å². The van der Waals surface area contributed by atoms with E-state index < -0.39 is 0 Å². The average molecular weight is 406 g/mol. The molecule has 3 amide bonds. The van der Waals surface area contributed by atoms with E-state index in [0.29, 0.717) is 12.5 Å². The number of urea groups is 1. The highest BCUT2D eigenvalue weighted by molar-refractivity contribution is 5.95. The third kappa shape index (κ3) is 4.07. The first kappa shape index (κ1) is 20.5. The van der Waals surface area contributed by atoms with Crippen molar-refractivity contribution >= 4 is 17.6 Å². The molecule has 5 nitrogen and oxygen atoms in total. The van der Waals surface area contributed by atoms with Gasteiger partial charge < -0.3 is 10.2 Å². The molecule has 2 aliphatic rings. The van der Waals surface area contributed by atoms with Gasteiger partial charge in [0.1, 0.15) is 0 Å². The van der Waals surface area contributed by atoms with Crippen molar-refractivity contribution in [2.45, 2.75) is 51.5 Å². The summed E-state index contributed by atoms with van der Waals surface area (Å²) in [6.45, 7) is 8.04. The summed E-state index contributed by atoms with van der Waals surface area (Å²) >= 11 is 0. The number of anilines is 1. The molecule has 2 heterocycles. The lowest BCUT2D eigenvalue weighted by Gasteiger charge is -2.44. The van der Waals surface area contributed by atoms with E-state index in [0.717, 1.165) is 38.0 Å². The van der Waals surface area contributed by atoms with Crippen LogP contribution in [-0.2, 0) is 17.6 Å². The Hall–Kier alpha value is -2.82. The Balaban J connectivity index is 1.50. The van der Waals surface area contributed by atoms with E-state index in [1.165, 1.54) is 16.7 Å². The predicted octanol–water partition coefficient (Wildman–Crippen LogP) is 4.12. The Morgan fingerprint density at radius 3 is 2.53 bits per heavy atom. The minimum atomic E-state index is -0.243. The lowest BCUT2D eigenvalue weighted by atomic mass is 9.84. The molecule has 0 atom stereocenters. The van der Waals surface area contributed by atoms with Crippen LogP contribution in [0.15, 0.2) is 48.5 Å². The number of fused-ring (bicyclic) bond motifs is 1. The van der Waals surface area contributed by atoms with E-state index >= 15 is 0 Å². The predicted molar refractivity (Wildman–Crippen MR) is 120 cm³/mol. The maximum Gasteiger partial charge on any atom is 0.322 e. The summed E-state index contributed by atoms with van der Waals surface area (Å²) in [5.74, 6) is 0.483. The SMILES string of the molecule is CC(=O)N1CC(c2ccc3c(c2)N(C(=O)NCCc2ccccc2)C(C)(C)CC3)C1. The smallest absolute Gasteiger partial charge is 0.322 e. The fraction of sp³-hybridized carbons (Fsp3) is 0.440. The van der Waals surface area contributed by atoms with Gasteiger partial charge in [-0.15, -0.1) is 0 Å². The van der Waals surface area contributed by atoms with Gasteiger partial charge in [-0.3, -0.25) is 9.69 Å². The van der Waals surface area contributed by atoms with Gasteiger partial charge in [0.25, 0.3) is 0 Å². The lowest BCUT2D eigenvalue weighted by molar-refractivity contribution is -0.133. The van der Waals surface area contributed by atoms with Crippen LogP contribution in [0.25, 0.3) is 0 Å². The fourth-order valence-corrected chi connectivity index (χ4v) is 4.50. The lowest BCUT2D eigenvalue weighted by Crippen LogP contribution is -2.55. The van der Waals surface area contributed by atoms with Gasteiger partial charge in [0, 0.05) is 43.7 Å². The van der Waals surface area contributed by atoms with Crippen LogP contribution in [-0.4, -0.2) is 42.0 Å². The minimum absolute atomic E-state index is 0.0343. The normalized spacial score (nSPS) is 17.8. The first-order valence-electron chi connectivity index (χ1n) is 10.9. The standard InChI is InChI=1S/C25H31N3O2/c1-18(29)27-16-22(17-27)21-10-9-20-11-13-25(2,3)28(23(20)15-21)24(30)26-14-12-19-7-5-4-6-8-19/h4-10,15,22H,11-14,16-17H2,1-3H3,(H,26,30). The number of nitrogens with zero attached hydrogens (tertiary/aromatic N) is 2. The molecule has 0 aliphatic carbocycles. The van der Waals surface area contributed by atoms with Gasteiger partial charge in [0.05, 0.1) is 0 Å². The Bertz CT molecular complexity index is 933. The van der Waals surface area contributed by atoms with Crippen molar-refractivity contribution in [2.24, 2.45) is 0 Å². The topological polar surface area (TPSA) is 52.7 Å². The van der Waals surface area contributed by atoms with Crippen molar-refractivity contribution in [1.29, 1.82) is 0 Å². The van der Waals surface area contributed by atoms with Gasteiger partial charge in [0.15, 0.2) is 0 Å². The molecule has 2 aromatic carbocycles. The molecule has 4 rings (SSSR count). The van der Waals surface area contributed by atoms with E-state index in [1.54, 1.807) is 6.92 Å². The van der Waals surface area contributed by atoms with Crippen molar-refractivity contribution in [2.75, 3.05) is 24.5 Å². The number of amides is 3. The van der Waals surface area contributed by atoms with E-state index in [9.17, 15) is 9.59 Å².